The third-order valence-electron chi connectivity index (χ3n) is 2.23. The smallest absolute Gasteiger partial charge is 0.166 e. The van der Waals surface area contributed by atoms with Crippen LogP contribution in [-0.2, 0) is 6.18 Å². The zero-order valence-corrected chi connectivity index (χ0v) is 9.50. The van der Waals surface area contributed by atoms with Crippen LogP contribution in [0.2, 0.25) is 5.02 Å². The number of aryl methyl sites for hydroxylation is 1. The van der Waals surface area contributed by atoms with Gasteiger partial charge in [0, 0.05) is 5.02 Å². The molecule has 0 aliphatic heterocycles. The first-order valence-electron chi connectivity index (χ1n) is 4.60. The van der Waals surface area contributed by atoms with E-state index in [1.165, 1.54) is 0 Å². The van der Waals surface area contributed by atoms with Crippen LogP contribution in [0.4, 0.5) is 13.2 Å². The van der Waals surface area contributed by atoms with Gasteiger partial charge in [-0.2, -0.15) is 13.2 Å². The number of hydrogen-bond donors (Lipinski definition) is 0. The summed E-state index contributed by atoms with van der Waals surface area (Å²) in [5.74, 6) is -0.168. The molecular weight excluding hydrogens is 225 g/mol. The fourth-order valence-corrected chi connectivity index (χ4v) is 2.03. The van der Waals surface area contributed by atoms with E-state index in [4.69, 9.17) is 11.6 Å². The molecule has 84 valence electrons. The molecule has 0 amide bonds. The first-order valence-corrected chi connectivity index (χ1v) is 4.98. The minimum Gasteiger partial charge on any atom is -0.166 e. The van der Waals surface area contributed by atoms with E-state index in [0.29, 0.717) is 11.1 Å². The van der Waals surface area contributed by atoms with Gasteiger partial charge in [0.2, 0.25) is 0 Å². The highest BCUT2D eigenvalue weighted by atomic mass is 35.5. The Bertz CT molecular complexity index is 367. The van der Waals surface area contributed by atoms with Crippen LogP contribution >= 0.6 is 11.6 Å². The van der Waals surface area contributed by atoms with Gasteiger partial charge in [-0.05, 0) is 36.1 Å². The average Bonchev–Trinajstić information content (AvgIpc) is 1.99. The van der Waals surface area contributed by atoms with Gasteiger partial charge in [-0.25, -0.2) is 0 Å². The van der Waals surface area contributed by atoms with Crippen molar-refractivity contribution in [2.24, 2.45) is 0 Å². The molecule has 1 rings (SSSR count). The Labute approximate surface area is 92.1 Å². The van der Waals surface area contributed by atoms with Crippen molar-refractivity contribution in [1.29, 1.82) is 0 Å². The lowest BCUT2D eigenvalue weighted by Gasteiger charge is -2.18. The summed E-state index contributed by atoms with van der Waals surface area (Å²) in [5, 5.41) is 0.129. The van der Waals surface area contributed by atoms with Crippen LogP contribution < -0.4 is 0 Å². The molecule has 0 fully saturated rings. The highest BCUT2D eigenvalue weighted by Crippen LogP contribution is 2.38. The molecule has 0 atom stereocenters. The maximum absolute atomic E-state index is 12.7. The van der Waals surface area contributed by atoms with Gasteiger partial charge >= 0.3 is 6.18 Å². The molecule has 0 spiro atoms. The minimum atomic E-state index is -4.34. The lowest BCUT2D eigenvalue weighted by atomic mass is 9.92. The van der Waals surface area contributed by atoms with Crippen molar-refractivity contribution in [3.63, 3.8) is 0 Å². The molecule has 0 aromatic heterocycles. The van der Waals surface area contributed by atoms with Crippen LogP contribution in [0.1, 0.15) is 36.5 Å². The Hall–Kier alpha value is -0.700. The zero-order valence-electron chi connectivity index (χ0n) is 8.74. The fourth-order valence-electron chi connectivity index (χ4n) is 1.76. The lowest BCUT2D eigenvalue weighted by molar-refractivity contribution is -0.138. The largest absolute Gasteiger partial charge is 0.416 e. The summed E-state index contributed by atoms with van der Waals surface area (Å²) in [5.41, 5.74) is 0.291. The molecule has 0 aliphatic carbocycles. The number of benzene rings is 1. The SMILES string of the molecule is Cc1cc(Cl)cc(C(F)(F)F)c1C(C)C. The summed E-state index contributed by atoms with van der Waals surface area (Å²) in [7, 11) is 0. The van der Waals surface area contributed by atoms with Gasteiger partial charge in [-0.1, -0.05) is 25.4 Å². The van der Waals surface area contributed by atoms with E-state index in [0.717, 1.165) is 6.07 Å². The Morgan fingerprint density at radius 2 is 1.73 bits per heavy atom. The Kier molecular flexibility index (Phi) is 3.34. The number of alkyl halides is 3. The second kappa shape index (κ2) is 4.05. The number of halogens is 4. The predicted octanol–water partition coefficient (Wildman–Crippen LogP) is 4.79. The molecule has 1 aromatic carbocycles. The molecule has 0 nitrogen and oxygen atoms in total. The predicted molar refractivity (Wildman–Crippen MR) is 55.3 cm³/mol. The third-order valence-corrected chi connectivity index (χ3v) is 2.45. The van der Waals surface area contributed by atoms with Gasteiger partial charge in [0.25, 0.3) is 0 Å². The highest BCUT2D eigenvalue weighted by molar-refractivity contribution is 6.30. The van der Waals surface area contributed by atoms with Crippen molar-refractivity contribution >= 4 is 11.6 Å². The van der Waals surface area contributed by atoms with Crippen LogP contribution in [0.25, 0.3) is 0 Å². The molecule has 0 aliphatic rings. The number of hydrogen-bond acceptors (Lipinski definition) is 0. The van der Waals surface area contributed by atoms with Crippen molar-refractivity contribution in [2.45, 2.75) is 32.9 Å². The fraction of sp³-hybridized carbons (Fsp3) is 0.455. The van der Waals surface area contributed by atoms with Crippen LogP contribution in [0.15, 0.2) is 12.1 Å². The quantitative estimate of drug-likeness (QED) is 0.658. The molecule has 15 heavy (non-hydrogen) atoms. The Morgan fingerprint density at radius 3 is 2.13 bits per heavy atom. The zero-order chi connectivity index (χ0) is 11.8. The normalized spacial score (nSPS) is 12.3. The van der Waals surface area contributed by atoms with Crippen LogP contribution in [0.5, 0.6) is 0 Å². The third kappa shape index (κ3) is 2.65. The van der Waals surface area contributed by atoms with Gasteiger partial charge in [-0.3, -0.25) is 0 Å². The maximum Gasteiger partial charge on any atom is 0.416 e. The first-order chi connectivity index (χ1) is 6.73. The summed E-state index contributed by atoms with van der Waals surface area (Å²) in [6.45, 7) is 5.13. The summed E-state index contributed by atoms with van der Waals surface area (Å²) in [6, 6.07) is 2.55. The van der Waals surface area contributed by atoms with E-state index in [9.17, 15) is 13.2 Å². The maximum atomic E-state index is 12.7. The van der Waals surface area contributed by atoms with Crippen LogP contribution in [0.3, 0.4) is 0 Å². The molecule has 4 heteroatoms. The lowest BCUT2D eigenvalue weighted by Crippen LogP contribution is -2.11. The topological polar surface area (TPSA) is 0 Å². The van der Waals surface area contributed by atoms with Crippen LogP contribution in [0, 0.1) is 6.92 Å². The summed E-state index contributed by atoms with van der Waals surface area (Å²) in [4.78, 5) is 0. The van der Waals surface area contributed by atoms with E-state index >= 15 is 0 Å². The minimum absolute atomic E-state index is 0.129. The molecular formula is C11H12ClF3. The van der Waals surface area contributed by atoms with Crippen LogP contribution in [-0.4, -0.2) is 0 Å². The van der Waals surface area contributed by atoms with E-state index in [1.54, 1.807) is 26.8 Å². The first kappa shape index (κ1) is 12.4. The number of rotatable bonds is 1. The average molecular weight is 237 g/mol. The molecule has 0 bridgehead atoms. The van der Waals surface area contributed by atoms with Gasteiger partial charge in [0.15, 0.2) is 0 Å². The molecule has 1 aromatic rings. The summed E-state index contributed by atoms with van der Waals surface area (Å²) >= 11 is 5.63. The second-order valence-electron chi connectivity index (χ2n) is 3.84. The van der Waals surface area contributed by atoms with Gasteiger partial charge in [0.1, 0.15) is 0 Å². The Balaban J connectivity index is 3.47. The van der Waals surface area contributed by atoms with Crippen molar-refractivity contribution in [3.05, 3.63) is 33.8 Å². The van der Waals surface area contributed by atoms with Crippen molar-refractivity contribution in [3.8, 4) is 0 Å². The van der Waals surface area contributed by atoms with Gasteiger partial charge in [-0.15, -0.1) is 0 Å². The second-order valence-corrected chi connectivity index (χ2v) is 4.27. The van der Waals surface area contributed by atoms with Gasteiger partial charge in [0.05, 0.1) is 5.56 Å². The van der Waals surface area contributed by atoms with Crippen molar-refractivity contribution in [2.75, 3.05) is 0 Å². The molecule has 0 N–H and O–H groups in total. The van der Waals surface area contributed by atoms with Gasteiger partial charge < -0.3 is 0 Å². The van der Waals surface area contributed by atoms with Crippen molar-refractivity contribution in [1.82, 2.24) is 0 Å². The summed E-state index contributed by atoms with van der Waals surface area (Å²) < 4.78 is 38.1. The molecule has 0 saturated heterocycles. The van der Waals surface area contributed by atoms with E-state index < -0.39 is 11.7 Å². The van der Waals surface area contributed by atoms with E-state index in [1.807, 2.05) is 0 Å². The monoisotopic (exact) mass is 236 g/mol. The Morgan fingerprint density at radius 1 is 1.20 bits per heavy atom. The summed E-state index contributed by atoms with van der Waals surface area (Å²) in [6.07, 6.45) is -4.34. The van der Waals surface area contributed by atoms with Crippen molar-refractivity contribution < 1.29 is 13.2 Å². The molecule has 0 saturated carbocycles. The molecule has 0 heterocycles. The van der Waals surface area contributed by atoms with E-state index in [-0.39, 0.29) is 10.9 Å². The standard InChI is InChI=1S/C11H12ClF3/c1-6(2)10-7(3)4-8(12)5-9(10)11(13,14)15/h4-6H,1-3H3. The molecule has 0 radical (unpaired) electrons. The van der Waals surface area contributed by atoms with E-state index in [2.05, 4.69) is 0 Å². The molecule has 0 unspecified atom stereocenters. The highest BCUT2D eigenvalue weighted by Gasteiger charge is 2.34.